The number of pyridine rings is 1. The molecule has 8 nitrogen and oxygen atoms in total. The second-order valence-corrected chi connectivity index (χ2v) is 10.8. The van der Waals surface area contributed by atoms with E-state index in [1.807, 2.05) is 19.2 Å². The van der Waals surface area contributed by atoms with Gasteiger partial charge in [0.25, 0.3) is 0 Å². The Kier molecular flexibility index (Phi) is 9.63. The summed E-state index contributed by atoms with van der Waals surface area (Å²) in [6.07, 6.45) is 3.02. The van der Waals surface area contributed by atoms with Gasteiger partial charge in [-0.15, -0.1) is 11.3 Å². The molecule has 0 aliphatic heterocycles. The summed E-state index contributed by atoms with van der Waals surface area (Å²) in [6, 6.07) is 13.8. The summed E-state index contributed by atoms with van der Waals surface area (Å²) in [4.78, 5) is 14.6. The molecule has 1 atom stereocenters. The van der Waals surface area contributed by atoms with Crippen molar-refractivity contribution in [2.75, 3.05) is 26.6 Å². The number of hydrogen-bond donors (Lipinski definition) is 2. The highest BCUT2D eigenvalue weighted by Crippen LogP contribution is 2.36. The van der Waals surface area contributed by atoms with Crippen molar-refractivity contribution >= 4 is 46.2 Å². The Bertz CT molecular complexity index is 1490. The minimum Gasteiger partial charge on any atom is -0.506 e. The van der Waals surface area contributed by atoms with Crippen molar-refractivity contribution in [2.45, 2.75) is 19.1 Å². The SMILES string of the molecule is COc1ccc(O)c(NCc2ccc(C(=O)O[C@@H](Cc3c(Cl)c[n+](C)cc3Cl)c3ccc(OC)c(OC)c3)s2)c1. The molecule has 2 N–H and O–H groups in total. The third-order valence-corrected chi connectivity index (χ3v) is 7.87. The fourth-order valence-corrected chi connectivity index (χ4v) is 5.61. The van der Waals surface area contributed by atoms with E-state index in [9.17, 15) is 9.90 Å². The van der Waals surface area contributed by atoms with Gasteiger partial charge in [0.05, 0.1) is 27.0 Å². The molecule has 0 unspecified atom stereocenters. The van der Waals surface area contributed by atoms with Gasteiger partial charge in [-0.1, -0.05) is 29.3 Å². The lowest BCUT2D eigenvalue weighted by atomic mass is 10.0. The van der Waals surface area contributed by atoms with Gasteiger partial charge in [0.2, 0.25) is 0 Å². The number of anilines is 1. The molecule has 0 saturated carbocycles. The molecule has 4 rings (SSSR count). The first kappa shape index (κ1) is 29.3. The zero-order chi connectivity index (χ0) is 28.8. The maximum absolute atomic E-state index is 13.3. The number of thiophene rings is 1. The van der Waals surface area contributed by atoms with E-state index in [2.05, 4.69) is 5.32 Å². The number of methoxy groups -OCH3 is 3. The van der Waals surface area contributed by atoms with E-state index in [0.29, 0.717) is 55.5 Å². The van der Waals surface area contributed by atoms with E-state index in [1.54, 1.807) is 74.7 Å². The predicted octanol–water partition coefficient (Wildman–Crippen LogP) is 6.36. The van der Waals surface area contributed by atoms with E-state index in [0.717, 1.165) is 4.88 Å². The van der Waals surface area contributed by atoms with Gasteiger partial charge in [0, 0.05) is 29.5 Å². The molecular weight excluding hydrogens is 575 g/mol. The highest BCUT2D eigenvalue weighted by molar-refractivity contribution is 7.13. The smallest absolute Gasteiger partial charge is 0.348 e. The topological polar surface area (TPSA) is 90.1 Å². The summed E-state index contributed by atoms with van der Waals surface area (Å²) in [5.74, 6) is 1.28. The Hall–Kier alpha value is -3.66. The van der Waals surface area contributed by atoms with Gasteiger partial charge in [-0.3, -0.25) is 0 Å². The monoisotopic (exact) mass is 603 g/mol. The van der Waals surface area contributed by atoms with Crippen LogP contribution in [0.25, 0.3) is 0 Å². The summed E-state index contributed by atoms with van der Waals surface area (Å²) in [5, 5.41) is 14.2. The molecule has 2 heterocycles. The standard InChI is InChI=1S/C29H28Cl2N2O6S/c1-33-15-21(30)20(22(31)16-33)13-26(17-5-9-25(37-3)27(11-17)38-4)39-29(35)28-10-7-19(40-28)14-32-23-12-18(36-2)6-8-24(23)34/h5-12,15-16,26,32H,13-14H2,1-4H3/p+1/t26-/m0/s1. The van der Waals surface area contributed by atoms with Crippen LogP contribution in [-0.2, 0) is 24.8 Å². The summed E-state index contributed by atoms with van der Waals surface area (Å²) >= 11 is 14.3. The average molecular weight is 605 g/mol. The largest absolute Gasteiger partial charge is 0.506 e. The van der Waals surface area contributed by atoms with Crippen LogP contribution in [0, 0.1) is 0 Å². The summed E-state index contributed by atoms with van der Waals surface area (Å²) in [7, 11) is 6.48. The second-order valence-electron chi connectivity index (χ2n) is 8.81. The van der Waals surface area contributed by atoms with Gasteiger partial charge in [0.1, 0.15) is 39.6 Å². The first-order valence-electron chi connectivity index (χ1n) is 12.2. The zero-order valence-corrected chi connectivity index (χ0v) is 24.7. The van der Waals surface area contributed by atoms with Gasteiger partial charge in [-0.25, -0.2) is 9.36 Å². The van der Waals surface area contributed by atoms with Crippen molar-refractivity contribution in [3.05, 3.63) is 91.9 Å². The van der Waals surface area contributed by atoms with Crippen molar-refractivity contribution in [3.8, 4) is 23.0 Å². The van der Waals surface area contributed by atoms with Crippen LogP contribution in [0.15, 0.2) is 60.9 Å². The van der Waals surface area contributed by atoms with Crippen LogP contribution in [-0.4, -0.2) is 32.4 Å². The molecule has 0 aliphatic rings. The van der Waals surface area contributed by atoms with Crippen LogP contribution in [0.2, 0.25) is 10.0 Å². The highest BCUT2D eigenvalue weighted by Gasteiger charge is 2.25. The van der Waals surface area contributed by atoms with E-state index in [-0.39, 0.29) is 12.2 Å². The number of benzene rings is 2. The van der Waals surface area contributed by atoms with Crippen LogP contribution in [0.5, 0.6) is 23.0 Å². The Labute approximate surface area is 246 Å². The number of aromatic hydroxyl groups is 1. The van der Waals surface area contributed by atoms with Gasteiger partial charge >= 0.3 is 5.97 Å². The Balaban J connectivity index is 1.56. The number of phenols is 1. The van der Waals surface area contributed by atoms with Crippen LogP contribution in [0.1, 0.15) is 31.8 Å². The molecule has 0 amide bonds. The normalized spacial score (nSPS) is 11.6. The fraction of sp³-hybridized carbons (Fsp3) is 0.241. The number of nitrogens with zero attached hydrogens (tertiary/aromatic N) is 1. The van der Waals surface area contributed by atoms with Crippen LogP contribution in [0.3, 0.4) is 0 Å². The molecule has 11 heteroatoms. The first-order chi connectivity index (χ1) is 19.2. The number of carbonyl (C=O) groups is 1. The first-order valence-corrected chi connectivity index (χ1v) is 13.7. The molecule has 0 aliphatic carbocycles. The lowest BCUT2D eigenvalue weighted by molar-refractivity contribution is -0.671. The number of ether oxygens (including phenoxy) is 4. The van der Waals surface area contributed by atoms with Gasteiger partial charge in [-0.2, -0.15) is 0 Å². The Morgan fingerprint density at radius 3 is 2.38 bits per heavy atom. The van der Waals surface area contributed by atoms with E-state index >= 15 is 0 Å². The maximum Gasteiger partial charge on any atom is 0.348 e. The molecule has 210 valence electrons. The predicted molar refractivity (Wildman–Crippen MR) is 155 cm³/mol. The van der Waals surface area contributed by atoms with E-state index in [4.69, 9.17) is 42.1 Å². The van der Waals surface area contributed by atoms with Crippen LogP contribution in [0.4, 0.5) is 5.69 Å². The minimum atomic E-state index is -0.715. The number of halogens is 2. The molecule has 40 heavy (non-hydrogen) atoms. The van der Waals surface area contributed by atoms with Crippen molar-refractivity contribution in [2.24, 2.45) is 7.05 Å². The van der Waals surface area contributed by atoms with Crippen molar-refractivity contribution in [1.29, 1.82) is 0 Å². The molecule has 4 aromatic rings. The fourth-order valence-electron chi connectivity index (χ4n) is 4.06. The maximum atomic E-state index is 13.3. The molecular formula is C29H29Cl2N2O6S+. The Morgan fingerprint density at radius 1 is 0.975 bits per heavy atom. The number of nitrogens with one attached hydrogen (secondary N) is 1. The third-order valence-electron chi connectivity index (χ3n) is 6.15. The van der Waals surface area contributed by atoms with E-state index in [1.165, 1.54) is 11.3 Å². The zero-order valence-electron chi connectivity index (χ0n) is 22.4. The van der Waals surface area contributed by atoms with Crippen molar-refractivity contribution in [1.82, 2.24) is 0 Å². The molecule has 0 saturated heterocycles. The molecule has 0 fully saturated rings. The lowest BCUT2D eigenvalue weighted by Crippen LogP contribution is -2.27. The van der Waals surface area contributed by atoms with Crippen molar-refractivity contribution < 1.29 is 33.4 Å². The third kappa shape index (κ3) is 6.91. The van der Waals surface area contributed by atoms with Gasteiger partial charge in [0.15, 0.2) is 23.9 Å². The lowest BCUT2D eigenvalue weighted by Gasteiger charge is -2.20. The van der Waals surface area contributed by atoms with Crippen molar-refractivity contribution in [3.63, 3.8) is 0 Å². The Morgan fingerprint density at radius 2 is 1.70 bits per heavy atom. The molecule has 0 bridgehead atoms. The number of aryl methyl sites for hydroxylation is 1. The summed E-state index contributed by atoms with van der Waals surface area (Å²) in [5.41, 5.74) is 1.87. The van der Waals surface area contributed by atoms with Gasteiger partial charge < -0.3 is 29.4 Å². The molecule has 2 aromatic heterocycles. The van der Waals surface area contributed by atoms with Gasteiger partial charge in [-0.05, 0) is 42.0 Å². The second kappa shape index (κ2) is 13.1. The average Bonchev–Trinajstić information content (AvgIpc) is 3.42. The number of rotatable bonds is 11. The number of carbonyl (C=O) groups excluding carboxylic acids is 1. The number of phenolic OH excluding ortho intramolecular Hbond substituents is 1. The summed E-state index contributed by atoms with van der Waals surface area (Å²) < 4.78 is 23.9. The minimum absolute atomic E-state index is 0.0987. The molecule has 0 spiro atoms. The van der Waals surface area contributed by atoms with Crippen LogP contribution >= 0.6 is 34.5 Å². The quantitative estimate of drug-likeness (QED) is 0.117. The van der Waals surface area contributed by atoms with Crippen LogP contribution < -0.4 is 24.1 Å². The summed E-state index contributed by atoms with van der Waals surface area (Å²) in [6.45, 7) is 0.393. The molecule has 0 radical (unpaired) electrons. The number of aromatic nitrogens is 1. The highest BCUT2D eigenvalue weighted by atomic mass is 35.5. The van der Waals surface area contributed by atoms with E-state index < -0.39 is 12.1 Å². The number of hydrogen-bond acceptors (Lipinski definition) is 8. The molecule has 2 aromatic carbocycles. The number of esters is 1.